The second-order valence-electron chi connectivity index (χ2n) is 3.71. The van der Waals surface area contributed by atoms with Crippen LogP contribution in [0.2, 0.25) is 0 Å². The first-order valence-corrected chi connectivity index (χ1v) is 7.22. The zero-order valence-corrected chi connectivity index (χ0v) is 11.3. The highest BCUT2D eigenvalue weighted by molar-refractivity contribution is 7.10. The van der Waals surface area contributed by atoms with Gasteiger partial charge in [-0.25, -0.2) is 4.98 Å². The number of nitrogens with one attached hydrogen (secondary N) is 1. The van der Waals surface area contributed by atoms with E-state index in [0.29, 0.717) is 0 Å². The first-order chi connectivity index (χ1) is 7.79. The van der Waals surface area contributed by atoms with E-state index in [2.05, 4.69) is 34.1 Å². The van der Waals surface area contributed by atoms with Gasteiger partial charge in [-0.2, -0.15) is 0 Å². The fraction of sp³-hybridized carbons (Fsp3) is 0.417. The summed E-state index contributed by atoms with van der Waals surface area (Å²) in [5.74, 6) is 0. The average molecular weight is 252 g/mol. The van der Waals surface area contributed by atoms with E-state index >= 15 is 0 Å². The van der Waals surface area contributed by atoms with Crippen molar-refractivity contribution < 1.29 is 0 Å². The summed E-state index contributed by atoms with van der Waals surface area (Å²) in [5.41, 5.74) is 2.58. The van der Waals surface area contributed by atoms with E-state index in [-0.39, 0.29) is 0 Å². The zero-order valence-electron chi connectivity index (χ0n) is 9.62. The minimum Gasteiger partial charge on any atom is -0.306 e. The van der Waals surface area contributed by atoms with Crippen LogP contribution in [0.5, 0.6) is 0 Å². The van der Waals surface area contributed by atoms with Crippen molar-refractivity contribution in [2.75, 3.05) is 0 Å². The lowest BCUT2D eigenvalue weighted by atomic mass is 10.2. The van der Waals surface area contributed by atoms with Crippen molar-refractivity contribution in [2.24, 2.45) is 0 Å². The fourth-order valence-electron chi connectivity index (χ4n) is 1.60. The molecule has 0 fully saturated rings. The second kappa shape index (κ2) is 5.57. The van der Waals surface area contributed by atoms with Gasteiger partial charge in [0, 0.05) is 29.0 Å². The normalized spacial score (nSPS) is 10.9. The maximum Gasteiger partial charge on any atom is 0.107 e. The molecule has 0 unspecified atom stereocenters. The first-order valence-electron chi connectivity index (χ1n) is 5.46. The van der Waals surface area contributed by atoms with Crippen LogP contribution >= 0.6 is 22.7 Å². The van der Waals surface area contributed by atoms with Crippen molar-refractivity contribution in [3.63, 3.8) is 0 Å². The molecule has 0 atom stereocenters. The molecule has 0 amide bonds. The van der Waals surface area contributed by atoms with Crippen molar-refractivity contribution in [1.82, 2.24) is 10.3 Å². The van der Waals surface area contributed by atoms with E-state index < -0.39 is 0 Å². The van der Waals surface area contributed by atoms with Crippen molar-refractivity contribution >= 4 is 22.7 Å². The molecule has 16 heavy (non-hydrogen) atoms. The molecule has 0 aliphatic heterocycles. The number of rotatable bonds is 5. The Hall–Kier alpha value is -0.710. The summed E-state index contributed by atoms with van der Waals surface area (Å²) in [6, 6.07) is 2.22. The van der Waals surface area contributed by atoms with Crippen molar-refractivity contribution in [1.29, 1.82) is 0 Å². The molecule has 0 radical (unpaired) electrons. The van der Waals surface area contributed by atoms with Gasteiger partial charge in [-0.3, -0.25) is 0 Å². The number of nitrogens with zero attached hydrogens (tertiary/aromatic N) is 1. The molecule has 0 aromatic carbocycles. The highest BCUT2D eigenvalue weighted by atomic mass is 32.1. The van der Waals surface area contributed by atoms with Crippen molar-refractivity contribution in [2.45, 2.75) is 33.4 Å². The summed E-state index contributed by atoms with van der Waals surface area (Å²) < 4.78 is 0. The van der Waals surface area contributed by atoms with Gasteiger partial charge in [0.1, 0.15) is 5.01 Å². The van der Waals surface area contributed by atoms with Gasteiger partial charge in [-0.05, 0) is 30.4 Å². The van der Waals surface area contributed by atoms with Gasteiger partial charge in [0.05, 0.1) is 0 Å². The minimum atomic E-state index is 0.875. The Morgan fingerprint density at radius 1 is 1.31 bits per heavy atom. The van der Waals surface area contributed by atoms with Gasteiger partial charge in [0.25, 0.3) is 0 Å². The van der Waals surface area contributed by atoms with Crippen molar-refractivity contribution in [3.8, 4) is 0 Å². The third kappa shape index (κ3) is 2.90. The van der Waals surface area contributed by atoms with Gasteiger partial charge in [-0.15, -0.1) is 22.7 Å². The largest absolute Gasteiger partial charge is 0.306 e. The molecule has 2 nitrogen and oxygen atoms in total. The lowest BCUT2D eigenvalue weighted by molar-refractivity contribution is 0.692. The van der Waals surface area contributed by atoms with Gasteiger partial charge in [0.2, 0.25) is 0 Å². The first kappa shape index (κ1) is 11.8. The van der Waals surface area contributed by atoms with E-state index in [9.17, 15) is 0 Å². The van der Waals surface area contributed by atoms with Gasteiger partial charge < -0.3 is 5.32 Å². The molecule has 4 heteroatoms. The Balaban J connectivity index is 1.84. The third-order valence-electron chi connectivity index (χ3n) is 2.45. The van der Waals surface area contributed by atoms with Crippen LogP contribution in [0.25, 0.3) is 0 Å². The summed E-state index contributed by atoms with van der Waals surface area (Å²) in [4.78, 5) is 5.89. The van der Waals surface area contributed by atoms with Crippen LogP contribution in [0, 0.1) is 6.92 Å². The number of hydrogen-bond acceptors (Lipinski definition) is 4. The minimum absolute atomic E-state index is 0.875. The molecule has 0 aliphatic carbocycles. The second-order valence-corrected chi connectivity index (χ2v) is 5.65. The Morgan fingerprint density at radius 3 is 2.88 bits per heavy atom. The van der Waals surface area contributed by atoms with Crippen LogP contribution in [-0.2, 0) is 19.5 Å². The molecule has 2 heterocycles. The Bertz CT molecular complexity index is 445. The highest BCUT2D eigenvalue weighted by Crippen LogP contribution is 2.17. The van der Waals surface area contributed by atoms with Gasteiger partial charge >= 0.3 is 0 Å². The van der Waals surface area contributed by atoms with Crippen LogP contribution in [0.15, 0.2) is 16.8 Å². The number of thiazole rings is 1. The predicted molar refractivity (Wildman–Crippen MR) is 71.1 cm³/mol. The monoisotopic (exact) mass is 252 g/mol. The quantitative estimate of drug-likeness (QED) is 0.882. The summed E-state index contributed by atoms with van der Waals surface area (Å²) in [7, 11) is 0. The van der Waals surface area contributed by atoms with E-state index in [1.54, 1.807) is 11.3 Å². The average Bonchev–Trinajstić information content (AvgIpc) is 2.87. The molecule has 0 saturated carbocycles. The van der Waals surface area contributed by atoms with Gasteiger partial charge in [0.15, 0.2) is 0 Å². The van der Waals surface area contributed by atoms with Crippen LogP contribution in [-0.4, -0.2) is 4.98 Å². The zero-order chi connectivity index (χ0) is 11.4. The fourth-order valence-corrected chi connectivity index (χ4v) is 3.29. The topological polar surface area (TPSA) is 24.9 Å². The molecule has 2 rings (SSSR count). The van der Waals surface area contributed by atoms with E-state index in [1.807, 2.05) is 18.3 Å². The van der Waals surface area contributed by atoms with Crippen LogP contribution in [0.4, 0.5) is 0 Å². The highest BCUT2D eigenvalue weighted by Gasteiger charge is 2.02. The molecule has 0 saturated heterocycles. The summed E-state index contributed by atoms with van der Waals surface area (Å²) in [6.07, 6.45) is 1.12. The Labute approximate surface area is 104 Å². The molecule has 1 N–H and O–H groups in total. The number of thiophene rings is 1. The number of hydrogen-bond donors (Lipinski definition) is 1. The number of aryl methyl sites for hydroxylation is 2. The molecule has 0 aliphatic rings. The third-order valence-corrected chi connectivity index (χ3v) is 4.38. The molecular formula is C12H16N2S2. The standard InChI is InChI=1S/C12H16N2S2/c1-3-10-4-5-15-11(10)6-13-7-12-14-9(2)8-16-12/h4-5,8,13H,3,6-7H2,1-2H3. The van der Waals surface area contributed by atoms with Crippen molar-refractivity contribution in [3.05, 3.63) is 38.0 Å². The van der Waals surface area contributed by atoms with E-state index in [4.69, 9.17) is 0 Å². The van der Waals surface area contributed by atoms with E-state index in [0.717, 1.165) is 25.2 Å². The maximum atomic E-state index is 4.43. The molecule has 0 bridgehead atoms. The summed E-state index contributed by atoms with van der Waals surface area (Å²) >= 11 is 3.56. The molecule has 0 spiro atoms. The maximum absolute atomic E-state index is 4.43. The molecule has 86 valence electrons. The Morgan fingerprint density at radius 2 is 2.19 bits per heavy atom. The summed E-state index contributed by atoms with van der Waals surface area (Å²) in [5, 5.41) is 8.89. The molecule has 2 aromatic rings. The SMILES string of the molecule is CCc1ccsc1CNCc1nc(C)cs1. The smallest absolute Gasteiger partial charge is 0.107 e. The lowest BCUT2D eigenvalue weighted by Crippen LogP contribution is -2.12. The van der Waals surface area contributed by atoms with E-state index in [1.165, 1.54) is 15.4 Å². The van der Waals surface area contributed by atoms with Gasteiger partial charge in [-0.1, -0.05) is 6.92 Å². The van der Waals surface area contributed by atoms with Crippen LogP contribution in [0.3, 0.4) is 0 Å². The molecular weight excluding hydrogens is 236 g/mol. The lowest BCUT2D eigenvalue weighted by Gasteiger charge is -2.02. The molecule has 2 aromatic heterocycles. The summed E-state index contributed by atoms with van der Waals surface area (Å²) in [6.45, 7) is 6.07. The Kier molecular flexibility index (Phi) is 4.09. The predicted octanol–water partition coefficient (Wildman–Crippen LogP) is 3.37. The van der Waals surface area contributed by atoms with Crippen LogP contribution in [0.1, 0.15) is 28.1 Å². The van der Waals surface area contributed by atoms with Crippen LogP contribution < -0.4 is 5.32 Å². The number of aromatic nitrogens is 1.